The molecule has 2 amide bonds. The van der Waals surface area contributed by atoms with Gasteiger partial charge in [0.2, 0.25) is 5.91 Å². The summed E-state index contributed by atoms with van der Waals surface area (Å²) in [7, 11) is 0. The molecule has 35 heavy (non-hydrogen) atoms. The van der Waals surface area contributed by atoms with Gasteiger partial charge in [0.1, 0.15) is 0 Å². The monoisotopic (exact) mass is 466 g/mol. The van der Waals surface area contributed by atoms with E-state index in [2.05, 4.69) is 5.32 Å². The SMILES string of the molecule is N=C1NC(c2ccccc2)(c2ccccc2)C(=O)N1C[C@@H]1CCCN(C(=O)Cc2ccccc2)C1. The van der Waals surface area contributed by atoms with Crippen LogP contribution in [-0.2, 0) is 21.5 Å². The third-order valence-corrected chi connectivity index (χ3v) is 7.07. The summed E-state index contributed by atoms with van der Waals surface area (Å²) in [5.74, 6) is 0.199. The molecule has 5 rings (SSSR count). The Hall–Kier alpha value is -3.93. The zero-order chi connectivity index (χ0) is 24.3. The van der Waals surface area contributed by atoms with E-state index in [1.165, 1.54) is 0 Å². The Morgan fingerprint density at radius 1 is 0.914 bits per heavy atom. The molecular formula is C29H30N4O2. The minimum atomic E-state index is -1.13. The molecule has 6 heteroatoms. The van der Waals surface area contributed by atoms with Crippen LogP contribution in [0.4, 0.5) is 0 Å². The van der Waals surface area contributed by atoms with Crippen LogP contribution in [0, 0.1) is 11.3 Å². The Morgan fingerprint density at radius 2 is 1.49 bits per heavy atom. The summed E-state index contributed by atoms with van der Waals surface area (Å²) in [6.07, 6.45) is 2.21. The lowest BCUT2D eigenvalue weighted by Crippen LogP contribution is -2.47. The van der Waals surface area contributed by atoms with E-state index in [0.717, 1.165) is 36.1 Å². The first-order valence-electron chi connectivity index (χ1n) is 12.2. The molecule has 2 aliphatic heterocycles. The van der Waals surface area contributed by atoms with Gasteiger partial charge in [-0.15, -0.1) is 0 Å². The molecule has 2 saturated heterocycles. The third-order valence-electron chi connectivity index (χ3n) is 7.07. The number of piperidine rings is 1. The van der Waals surface area contributed by atoms with E-state index in [1.807, 2.05) is 95.9 Å². The van der Waals surface area contributed by atoms with E-state index in [1.54, 1.807) is 4.90 Å². The van der Waals surface area contributed by atoms with Crippen LogP contribution in [-0.4, -0.2) is 47.2 Å². The highest BCUT2D eigenvalue weighted by molar-refractivity contribution is 6.10. The van der Waals surface area contributed by atoms with Gasteiger partial charge in [-0.05, 0) is 35.4 Å². The molecule has 2 N–H and O–H groups in total. The van der Waals surface area contributed by atoms with Gasteiger partial charge in [0.05, 0.1) is 6.42 Å². The molecule has 0 bridgehead atoms. The van der Waals surface area contributed by atoms with Crippen molar-refractivity contribution < 1.29 is 9.59 Å². The first-order chi connectivity index (χ1) is 17.1. The number of hydrogen-bond acceptors (Lipinski definition) is 3. The van der Waals surface area contributed by atoms with Crippen LogP contribution in [0.25, 0.3) is 0 Å². The number of nitrogens with one attached hydrogen (secondary N) is 2. The molecule has 0 radical (unpaired) electrons. The van der Waals surface area contributed by atoms with E-state index in [0.29, 0.717) is 19.5 Å². The normalized spacial score (nSPS) is 19.5. The van der Waals surface area contributed by atoms with Gasteiger partial charge < -0.3 is 10.2 Å². The maximum atomic E-state index is 14.0. The number of benzene rings is 3. The Balaban J connectivity index is 1.35. The predicted molar refractivity (Wildman–Crippen MR) is 136 cm³/mol. The molecule has 0 saturated carbocycles. The van der Waals surface area contributed by atoms with E-state index >= 15 is 0 Å². The summed E-state index contributed by atoms with van der Waals surface area (Å²) < 4.78 is 0. The van der Waals surface area contributed by atoms with Gasteiger partial charge in [-0.2, -0.15) is 0 Å². The molecule has 2 heterocycles. The van der Waals surface area contributed by atoms with E-state index in [4.69, 9.17) is 5.41 Å². The van der Waals surface area contributed by atoms with Crippen molar-refractivity contribution in [2.24, 2.45) is 5.92 Å². The average molecular weight is 467 g/mol. The summed E-state index contributed by atoms with van der Waals surface area (Å²) in [5.41, 5.74) is 1.51. The van der Waals surface area contributed by atoms with Crippen molar-refractivity contribution in [3.05, 3.63) is 108 Å². The quantitative estimate of drug-likeness (QED) is 0.581. The fourth-order valence-corrected chi connectivity index (χ4v) is 5.29. The van der Waals surface area contributed by atoms with Gasteiger partial charge in [0.25, 0.3) is 5.91 Å². The fourth-order valence-electron chi connectivity index (χ4n) is 5.29. The minimum Gasteiger partial charge on any atom is -0.342 e. The van der Waals surface area contributed by atoms with Crippen LogP contribution in [0.1, 0.15) is 29.5 Å². The van der Waals surface area contributed by atoms with E-state index in [-0.39, 0.29) is 23.7 Å². The summed E-state index contributed by atoms with van der Waals surface area (Å²) >= 11 is 0. The second-order valence-electron chi connectivity index (χ2n) is 9.38. The highest BCUT2D eigenvalue weighted by Gasteiger charge is 2.52. The number of amides is 2. The summed E-state index contributed by atoms with van der Waals surface area (Å²) in [6, 6.07) is 29.0. The lowest BCUT2D eigenvalue weighted by atomic mass is 9.82. The maximum Gasteiger partial charge on any atom is 0.264 e. The first kappa shape index (κ1) is 22.8. The number of guanidine groups is 1. The summed E-state index contributed by atoms with van der Waals surface area (Å²) in [4.78, 5) is 30.4. The third kappa shape index (κ3) is 4.44. The van der Waals surface area contributed by atoms with E-state index < -0.39 is 5.54 Å². The Morgan fingerprint density at radius 3 is 2.09 bits per heavy atom. The predicted octanol–water partition coefficient (Wildman–Crippen LogP) is 3.78. The van der Waals surface area contributed by atoms with Crippen LogP contribution < -0.4 is 5.32 Å². The van der Waals surface area contributed by atoms with Crippen molar-refractivity contribution in [3.8, 4) is 0 Å². The fraction of sp³-hybridized carbons (Fsp3) is 0.276. The highest BCUT2D eigenvalue weighted by Crippen LogP contribution is 2.36. The molecule has 0 aromatic heterocycles. The van der Waals surface area contributed by atoms with Gasteiger partial charge >= 0.3 is 0 Å². The highest BCUT2D eigenvalue weighted by atomic mass is 16.2. The second-order valence-corrected chi connectivity index (χ2v) is 9.38. The maximum absolute atomic E-state index is 14.0. The van der Waals surface area contributed by atoms with Gasteiger partial charge in [0, 0.05) is 19.6 Å². The lowest BCUT2D eigenvalue weighted by molar-refractivity contribution is -0.133. The number of hydrogen-bond donors (Lipinski definition) is 2. The van der Waals surface area contributed by atoms with Crippen LogP contribution in [0.15, 0.2) is 91.0 Å². The second kappa shape index (κ2) is 9.74. The summed E-state index contributed by atoms with van der Waals surface area (Å²) in [6.45, 7) is 1.76. The van der Waals surface area contributed by atoms with Crippen LogP contribution >= 0.6 is 0 Å². The van der Waals surface area contributed by atoms with Crippen molar-refractivity contribution in [1.82, 2.24) is 15.1 Å². The number of carbonyl (C=O) groups excluding carboxylic acids is 2. The largest absolute Gasteiger partial charge is 0.342 e. The van der Waals surface area contributed by atoms with Crippen molar-refractivity contribution in [2.45, 2.75) is 24.8 Å². The van der Waals surface area contributed by atoms with Gasteiger partial charge in [-0.3, -0.25) is 19.9 Å². The van der Waals surface area contributed by atoms with Gasteiger partial charge in [-0.1, -0.05) is 91.0 Å². The molecule has 0 spiro atoms. The molecule has 3 aromatic rings. The molecule has 6 nitrogen and oxygen atoms in total. The molecule has 2 fully saturated rings. The number of likely N-dealkylation sites (tertiary alicyclic amines) is 1. The van der Waals surface area contributed by atoms with Crippen LogP contribution in [0.3, 0.4) is 0 Å². The van der Waals surface area contributed by atoms with Crippen molar-refractivity contribution in [3.63, 3.8) is 0 Å². The molecule has 0 aliphatic carbocycles. The minimum absolute atomic E-state index is 0.107. The molecule has 2 aliphatic rings. The first-order valence-corrected chi connectivity index (χ1v) is 12.2. The summed E-state index contributed by atoms with van der Waals surface area (Å²) in [5, 5.41) is 11.9. The lowest BCUT2D eigenvalue weighted by Gasteiger charge is -2.35. The van der Waals surface area contributed by atoms with Crippen molar-refractivity contribution in [1.29, 1.82) is 5.41 Å². The zero-order valence-corrected chi connectivity index (χ0v) is 19.7. The Labute approximate surface area is 206 Å². The molecule has 178 valence electrons. The van der Waals surface area contributed by atoms with Gasteiger partial charge in [0.15, 0.2) is 11.5 Å². The number of nitrogens with zero attached hydrogens (tertiary/aromatic N) is 2. The van der Waals surface area contributed by atoms with Crippen LogP contribution in [0.2, 0.25) is 0 Å². The zero-order valence-electron chi connectivity index (χ0n) is 19.7. The Bertz CT molecular complexity index is 1160. The smallest absolute Gasteiger partial charge is 0.264 e. The topological polar surface area (TPSA) is 76.5 Å². The number of carbonyl (C=O) groups is 2. The molecule has 0 unspecified atom stereocenters. The van der Waals surface area contributed by atoms with Crippen LogP contribution in [0.5, 0.6) is 0 Å². The molecule has 3 aromatic carbocycles. The van der Waals surface area contributed by atoms with Gasteiger partial charge in [-0.25, -0.2) is 0 Å². The van der Waals surface area contributed by atoms with E-state index in [9.17, 15) is 9.59 Å². The van der Waals surface area contributed by atoms with Crippen molar-refractivity contribution >= 4 is 17.8 Å². The Kier molecular flexibility index (Phi) is 6.36. The number of rotatable bonds is 6. The van der Waals surface area contributed by atoms with Crippen molar-refractivity contribution in [2.75, 3.05) is 19.6 Å². The molecule has 1 atom stereocenters. The molecular weight excluding hydrogens is 436 g/mol. The average Bonchev–Trinajstić information content (AvgIpc) is 3.16. The standard InChI is InChI=1S/C29H30N4O2/c30-28-31-29(24-14-6-2-7-15-24,25-16-8-3-9-17-25)27(35)33(28)21-23-13-10-18-32(20-23)26(34)19-22-11-4-1-5-12-22/h1-9,11-12,14-17,23H,10,13,18-21H2,(H2,30,31)/t23-/m1/s1.